The lowest BCUT2D eigenvalue weighted by Gasteiger charge is -2.19. The number of halogens is 3. The van der Waals surface area contributed by atoms with E-state index in [-0.39, 0.29) is 6.04 Å². The van der Waals surface area contributed by atoms with Gasteiger partial charge in [0.1, 0.15) is 0 Å². The predicted octanol–water partition coefficient (Wildman–Crippen LogP) is 4.51. The largest absolute Gasteiger partial charge is 0.271 e. The minimum atomic E-state index is -0.233. The van der Waals surface area contributed by atoms with Crippen LogP contribution < -0.4 is 11.3 Å². The summed E-state index contributed by atoms with van der Waals surface area (Å²) in [6.45, 7) is 1.99. The molecule has 0 saturated heterocycles. The second kappa shape index (κ2) is 6.12. The summed E-state index contributed by atoms with van der Waals surface area (Å²) in [5.41, 5.74) is 5.65. The van der Waals surface area contributed by atoms with Crippen molar-refractivity contribution in [3.8, 4) is 0 Å². The average molecular weight is 316 g/mol. The standard InChI is InChI=1S/C14H13Cl3N2/c1-8-2-4-10(12(16)6-8)14(19-18)9-3-5-11(15)13(17)7-9/h2-7,14,19H,18H2,1H3. The molecule has 0 amide bonds. The summed E-state index contributed by atoms with van der Waals surface area (Å²) in [5, 5.41) is 1.66. The molecule has 2 aromatic rings. The molecule has 0 spiro atoms. The van der Waals surface area contributed by atoms with E-state index < -0.39 is 0 Å². The Bertz CT molecular complexity index is 599. The van der Waals surface area contributed by atoms with Crippen molar-refractivity contribution in [3.63, 3.8) is 0 Å². The van der Waals surface area contributed by atoms with E-state index in [1.165, 1.54) is 0 Å². The summed E-state index contributed by atoms with van der Waals surface area (Å²) >= 11 is 18.2. The van der Waals surface area contributed by atoms with Crippen molar-refractivity contribution < 1.29 is 0 Å². The summed E-state index contributed by atoms with van der Waals surface area (Å²) in [6, 6.07) is 11.0. The Morgan fingerprint density at radius 1 is 0.947 bits per heavy atom. The minimum absolute atomic E-state index is 0.233. The van der Waals surface area contributed by atoms with E-state index in [0.29, 0.717) is 15.1 Å². The molecule has 0 aliphatic carbocycles. The normalized spacial score (nSPS) is 12.5. The van der Waals surface area contributed by atoms with Gasteiger partial charge in [0.05, 0.1) is 16.1 Å². The van der Waals surface area contributed by atoms with Gasteiger partial charge in [0, 0.05) is 5.02 Å². The number of rotatable bonds is 3. The summed E-state index contributed by atoms with van der Waals surface area (Å²) in [4.78, 5) is 0. The van der Waals surface area contributed by atoms with Crippen LogP contribution in [-0.2, 0) is 0 Å². The van der Waals surface area contributed by atoms with Crippen molar-refractivity contribution in [1.29, 1.82) is 0 Å². The van der Waals surface area contributed by atoms with Gasteiger partial charge in [-0.05, 0) is 41.8 Å². The van der Waals surface area contributed by atoms with Crippen LogP contribution in [0.1, 0.15) is 22.7 Å². The number of hydrogen-bond acceptors (Lipinski definition) is 2. The van der Waals surface area contributed by atoms with Gasteiger partial charge >= 0.3 is 0 Å². The molecule has 19 heavy (non-hydrogen) atoms. The third kappa shape index (κ3) is 3.22. The van der Waals surface area contributed by atoms with E-state index in [1.54, 1.807) is 12.1 Å². The molecule has 0 aliphatic rings. The third-order valence-corrected chi connectivity index (χ3v) is 3.98. The highest BCUT2D eigenvalue weighted by atomic mass is 35.5. The fraction of sp³-hybridized carbons (Fsp3) is 0.143. The monoisotopic (exact) mass is 314 g/mol. The Morgan fingerprint density at radius 2 is 1.68 bits per heavy atom. The van der Waals surface area contributed by atoms with E-state index in [4.69, 9.17) is 40.6 Å². The first kappa shape index (κ1) is 14.6. The molecule has 5 heteroatoms. The number of benzene rings is 2. The van der Waals surface area contributed by atoms with Crippen LogP contribution in [0.3, 0.4) is 0 Å². The van der Waals surface area contributed by atoms with Crippen molar-refractivity contribution in [2.24, 2.45) is 5.84 Å². The Morgan fingerprint density at radius 3 is 2.26 bits per heavy atom. The molecule has 0 aromatic heterocycles. The first-order valence-electron chi connectivity index (χ1n) is 5.70. The van der Waals surface area contributed by atoms with Crippen LogP contribution in [0.4, 0.5) is 0 Å². The Labute approximate surface area is 127 Å². The highest BCUT2D eigenvalue weighted by Crippen LogP contribution is 2.32. The van der Waals surface area contributed by atoms with Crippen LogP contribution in [-0.4, -0.2) is 0 Å². The molecule has 0 heterocycles. The van der Waals surface area contributed by atoms with Gasteiger partial charge < -0.3 is 0 Å². The van der Waals surface area contributed by atoms with Crippen molar-refractivity contribution in [2.45, 2.75) is 13.0 Å². The highest BCUT2D eigenvalue weighted by molar-refractivity contribution is 6.42. The number of hydrazine groups is 1. The van der Waals surface area contributed by atoms with Gasteiger partial charge in [0.25, 0.3) is 0 Å². The highest BCUT2D eigenvalue weighted by Gasteiger charge is 2.16. The molecule has 0 saturated carbocycles. The summed E-state index contributed by atoms with van der Waals surface area (Å²) in [5.74, 6) is 5.65. The quantitative estimate of drug-likeness (QED) is 0.646. The van der Waals surface area contributed by atoms with E-state index in [1.807, 2.05) is 31.2 Å². The van der Waals surface area contributed by atoms with E-state index in [0.717, 1.165) is 16.7 Å². The van der Waals surface area contributed by atoms with Crippen LogP contribution in [0.15, 0.2) is 36.4 Å². The Hall–Kier alpha value is -0.770. The summed E-state index contributed by atoms with van der Waals surface area (Å²) in [7, 11) is 0. The third-order valence-electron chi connectivity index (χ3n) is 2.91. The molecule has 0 aliphatic heterocycles. The van der Waals surface area contributed by atoms with Gasteiger partial charge in [-0.3, -0.25) is 5.84 Å². The van der Waals surface area contributed by atoms with Gasteiger partial charge in [0.15, 0.2) is 0 Å². The van der Waals surface area contributed by atoms with Crippen LogP contribution >= 0.6 is 34.8 Å². The molecule has 0 fully saturated rings. The Balaban J connectivity index is 2.46. The molecule has 3 N–H and O–H groups in total. The average Bonchev–Trinajstić information content (AvgIpc) is 2.37. The second-order valence-corrected chi connectivity index (χ2v) is 5.52. The number of hydrogen-bond donors (Lipinski definition) is 2. The Kier molecular flexibility index (Phi) is 4.71. The maximum atomic E-state index is 6.27. The first-order valence-corrected chi connectivity index (χ1v) is 6.83. The number of nitrogens with two attached hydrogens (primary N) is 1. The topological polar surface area (TPSA) is 38.0 Å². The molecule has 2 rings (SSSR count). The van der Waals surface area contributed by atoms with E-state index in [2.05, 4.69) is 5.43 Å². The molecule has 2 nitrogen and oxygen atoms in total. The maximum Gasteiger partial charge on any atom is 0.0725 e. The zero-order valence-corrected chi connectivity index (χ0v) is 12.5. The predicted molar refractivity (Wildman–Crippen MR) is 81.8 cm³/mol. The van der Waals surface area contributed by atoms with Crippen LogP contribution in [0.5, 0.6) is 0 Å². The van der Waals surface area contributed by atoms with Crippen LogP contribution in [0, 0.1) is 6.92 Å². The lowest BCUT2D eigenvalue weighted by molar-refractivity contribution is 0.637. The minimum Gasteiger partial charge on any atom is -0.271 e. The molecule has 100 valence electrons. The molecule has 1 atom stereocenters. The summed E-state index contributed by atoms with van der Waals surface area (Å²) in [6.07, 6.45) is 0. The van der Waals surface area contributed by atoms with Crippen molar-refractivity contribution in [1.82, 2.24) is 5.43 Å². The zero-order chi connectivity index (χ0) is 14.0. The van der Waals surface area contributed by atoms with Gasteiger partial charge in [0.2, 0.25) is 0 Å². The molecule has 1 unspecified atom stereocenters. The summed E-state index contributed by atoms with van der Waals surface area (Å²) < 4.78 is 0. The van der Waals surface area contributed by atoms with Gasteiger partial charge in [-0.2, -0.15) is 0 Å². The molecule has 0 bridgehead atoms. The second-order valence-electron chi connectivity index (χ2n) is 4.30. The van der Waals surface area contributed by atoms with E-state index >= 15 is 0 Å². The first-order chi connectivity index (χ1) is 9.02. The fourth-order valence-electron chi connectivity index (χ4n) is 1.92. The van der Waals surface area contributed by atoms with Gasteiger partial charge in [-0.15, -0.1) is 0 Å². The maximum absolute atomic E-state index is 6.27. The fourth-order valence-corrected chi connectivity index (χ4v) is 2.57. The van der Waals surface area contributed by atoms with Crippen molar-refractivity contribution in [3.05, 3.63) is 68.2 Å². The lowest BCUT2D eigenvalue weighted by Crippen LogP contribution is -2.29. The zero-order valence-electron chi connectivity index (χ0n) is 10.3. The number of nitrogens with one attached hydrogen (secondary N) is 1. The number of aryl methyl sites for hydroxylation is 1. The van der Waals surface area contributed by atoms with Crippen LogP contribution in [0.25, 0.3) is 0 Å². The van der Waals surface area contributed by atoms with Crippen molar-refractivity contribution >= 4 is 34.8 Å². The molecule has 2 aromatic carbocycles. The van der Waals surface area contributed by atoms with Crippen molar-refractivity contribution in [2.75, 3.05) is 0 Å². The van der Waals surface area contributed by atoms with Crippen LogP contribution in [0.2, 0.25) is 15.1 Å². The lowest BCUT2D eigenvalue weighted by atomic mass is 9.98. The molecular weight excluding hydrogens is 303 g/mol. The molecular formula is C14H13Cl3N2. The van der Waals surface area contributed by atoms with Gasteiger partial charge in [-0.1, -0.05) is 53.0 Å². The molecule has 0 radical (unpaired) electrons. The van der Waals surface area contributed by atoms with Gasteiger partial charge in [-0.25, -0.2) is 5.43 Å². The van der Waals surface area contributed by atoms with E-state index in [9.17, 15) is 0 Å². The SMILES string of the molecule is Cc1ccc(C(NN)c2ccc(Cl)c(Cl)c2)c(Cl)c1. The smallest absolute Gasteiger partial charge is 0.0725 e.